The van der Waals surface area contributed by atoms with Crippen molar-refractivity contribution >= 4 is 16.7 Å². The minimum atomic E-state index is 0.518. The number of rotatable bonds is 5. The summed E-state index contributed by atoms with van der Waals surface area (Å²) in [5.74, 6) is 2.58. The second kappa shape index (κ2) is 7.07. The van der Waals surface area contributed by atoms with Crippen molar-refractivity contribution in [1.29, 1.82) is 0 Å². The van der Waals surface area contributed by atoms with Crippen LogP contribution in [0.25, 0.3) is 22.3 Å². The molecule has 0 saturated heterocycles. The molecule has 0 unspecified atom stereocenters. The molecule has 4 aromatic rings. The Balaban J connectivity index is 1.77. The van der Waals surface area contributed by atoms with E-state index in [9.17, 15) is 0 Å². The van der Waals surface area contributed by atoms with E-state index in [-0.39, 0.29) is 0 Å². The third-order valence-electron chi connectivity index (χ3n) is 4.38. The fourth-order valence-corrected chi connectivity index (χ4v) is 3.02. The molecule has 0 aliphatic heterocycles. The Bertz CT molecular complexity index is 1100. The van der Waals surface area contributed by atoms with Crippen LogP contribution in [0.2, 0.25) is 0 Å². The van der Waals surface area contributed by atoms with E-state index >= 15 is 0 Å². The monoisotopic (exact) mass is 360 g/mol. The average Bonchev–Trinajstić information content (AvgIpc) is 3.12. The van der Waals surface area contributed by atoms with Crippen molar-refractivity contribution in [3.05, 3.63) is 65.5 Å². The number of nitrogens with one attached hydrogen (secondary N) is 1. The van der Waals surface area contributed by atoms with Crippen LogP contribution in [-0.2, 0) is 6.54 Å². The number of aryl methyl sites for hydroxylation is 2. The van der Waals surface area contributed by atoms with Gasteiger partial charge in [0.2, 0.25) is 11.7 Å². The molecule has 1 N–H and O–H groups in total. The molecule has 0 bridgehead atoms. The standard InChI is InChI=1S/C21H20N4O2/c1-13-8-9-15-11-17(21-23-14(2)27-25-21)20(24-18(15)10-13)22-12-16-6-4-5-7-19(16)26-3/h4-11H,12H2,1-3H3,(H,22,24). The van der Waals surface area contributed by atoms with Gasteiger partial charge in [0, 0.05) is 24.4 Å². The number of fused-ring (bicyclic) bond motifs is 1. The van der Waals surface area contributed by atoms with E-state index in [1.54, 1.807) is 14.0 Å². The lowest BCUT2D eigenvalue weighted by Gasteiger charge is -2.13. The number of hydrogen-bond donors (Lipinski definition) is 1. The smallest absolute Gasteiger partial charge is 0.223 e. The highest BCUT2D eigenvalue weighted by molar-refractivity contribution is 5.88. The molecule has 2 heterocycles. The van der Waals surface area contributed by atoms with Gasteiger partial charge >= 0.3 is 0 Å². The van der Waals surface area contributed by atoms with Crippen LogP contribution < -0.4 is 10.1 Å². The molecule has 2 aromatic carbocycles. The highest BCUT2D eigenvalue weighted by Crippen LogP contribution is 2.30. The largest absolute Gasteiger partial charge is 0.496 e. The van der Waals surface area contributed by atoms with Gasteiger partial charge in [0.05, 0.1) is 18.2 Å². The lowest BCUT2D eigenvalue weighted by Crippen LogP contribution is -2.05. The second-order valence-electron chi connectivity index (χ2n) is 6.38. The molecule has 0 saturated carbocycles. The molecule has 4 rings (SSSR count). The van der Waals surface area contributed by atoms with E-state index in [1.165, 1.54) is 0 Å². The minimum Gasteiger partial charge on any atom is -0.496 e. The highest BCUT2D eigenvalue weighted by atomic mass is 16.5. The normalized spacial score (nSPS) is 10.9. The molecule has 2 aromatic heterocycles. The molecular weight excluding hydrogens is 340 g/mol. The number of benzene rings is 2. The van der Waals surface area contributed by atoms with Crippen molar-refractivity contribution in [2.24, 2.45) is 0 Å². The van der Waals surface area contributed by atoms with Gasteiger partial charge < -0.3 is 14.6 Å². The molecule has 136 valence electrons. The van der Waals surface area contributed by atoms with Crippen LogP contribution >= 0.6 is 0 Å². The number of ether oxygens (including phenoxy) is 1. The summed E-state index contributed by atoms with van der Waals surface area (Å²) in [6.45, 7) is 4.40. The van der Waals surface area contributed by atoms with Crippen molar-refractivity contribution in [2.75, 3.05) is 12.4 Å². The first-order valence-corrected chi connectivity index (χ1v) is 8.72. The van der Waals surface area contributed by atoms with Crippen LogP contribution in [0, 0.1) is 13.8 Å². The van der Waals surface area contributed by atoms with Crippen molar-refractivity contribution in [1.82, 2.24) is 15.1 Å². The summed E-state index contributed by atoms with van der Waals surface area (Å²) in [6, 6.07) is 16.1. The fraction of sp³-hybridized carbons (Fsp3) is 0.190. The summed E-state index contributed by atoms with van der Waals surface area (Å²) in [5, 5.41) is 8.51. The van der Waals surface area contributed by atoms with E-state index in [2.05, 4.69) is 40.6 Å². The number of pyridine rings is 1. The zero-order valence-corrected chi connectivity index (χ0v) is 15.5. The van der Waals surface area contributed by atoms with E-state index in [0.717, 1.165) is 33.3 Å². The van der Waals surface area contributed by atoms with Gasteiger partial charge in [-0.05, 0) is 30.7 Å². The molecule has 0 spiro atoms. The summed E-state index contributed by atoms with van der Waals surface area (Å²) in [7, 11) is 1.67. The molecule has 0 radical (unpaired) electrons. The number of anilines is 1. The van der Waals surface area contributed by atoms with Crippen molar-refractivity contribution < 1.29 is 9.26 Å². The molecule has 0 fully saturated rings. The van der Waals surface area contributed by atoms with Crippen molar-refractivity contribution in [2.45, 2.75) is 20.4 Å². The predicted octanol–water partition coefficient (Wildman–Crippen LogP) is 4.52. The lowest BCUT2D eigenvalue weighted by molar-refractivity contribution is 0.394. The Morgan fingerprint density at radius 3 is 2.67 bits per heavy atom. The van der Waals surface area contributed by atoms with Crippen LogP contribution in [0.4, 0.5) is 5.82 Å². The minimum absolute atomic E-state index is 0.518. The molecule has 6 nitrogen and oxygen atoms in total. The Morgan fingerprint density at radius 1 is 1.04 bits per heavy atom. The summed E-state index contributed by atoms with van der Waals surface area (Å²) >= 11 is 0. The number of hydrogen-bond acceptors (Lipinski definition) is 6. The van der Waals surface area contributed by atoms with Crippen LogP contribution in [0.15, 0.2) is 53.1 Å². The maximum absolute atomic E-state index is 5.44. The molecule has 0 atom stereocenters. The summed E-state index contributed by atoms with van der Waals surface area (Å²) in [4.78, 5) is 9.19. The summed E-state index contributed by atoms with van der Waals surface area (Å²) < 4.78 is 10.6. The first-order chi connectivity index (χ1) is 13.1. The van der Waals surface area contributed by atoms with Crippen molar-refractivity contribution in [3.63, 3.8) is 0 Å². The van der Waals surface area contributed by atoms with E-state index in [0.29, 0.717) is 24.1 Å². The third kappa shape index (κ3) is 3.46. The van der Waals surface area contributed by atoms with Crippen molar-refractivity contribution in [3.8, 4) is 17.1 Å². The molecule has 0 amide bonds. The SMILES string of the molecule is COc1ccccc1CNc1nc2cc(C)ccc2cc1-c1noc(C)n1. The molecule has 0 aliphatic rings. The Hall–Kier alpha value is -3.41. The lowest BCUT2D eigenvalue weighted by atomic mass is 10.1. The second-order valence-corrected chi connectivity index (χ2v) is 6.38. The molecule has 0 aliphatic carbocycles. The van der Waals surface area contributed by atoms with E-state index in [1.807, 2.05) is 30.3 Å². The van der Waals surface area contributed by atoms with E-state index < -0.39 is 0 Å². The quantitative estimate of drug-likeness (QED) is 0.564. The van der Waals surface area contributed by atoms with Gasteiger partial charge in [0.15, 0.2) is 0 Å². The van der Waals surface area contributed by atoms with Gasteiger partial charge in [0.25, 0.3) is 0 Å². The number of para-hydroxylation sites is 1. The first-order valence-electron chi connectivity index (χ1n) is 8.72. The number of methoxy groups -OCH3 is 1. The zero-order valence-electron chi connectivity index (χ0n) is 15.5. The predicted molar refractivity (Wildman–Crippen MR) is 105 cm³/mol. The topological polar surface area (TPSA) is 73.1 Å². The Morgan fingerprint density at radius 2 is 1.89 bits per heavy atom. The number of aromatic nitrogens is 3. The van der Waals surface area contributed by atoms with Crippen LogP contribution in [0.1, 0.15) is 17.0 Å². The first kappa shape index (κ1) is 17.0. The van der Waals surface area contributed by atoms with Crippen LogP contribution in [0.3, 0.4) is 0 Å². The molecule has 6 heteroatoms. The van der Waals surface area contributed by atoms with Crippen LogP contribution in [0.5, 0.6) is 5.75 Å². The fourth-order valence-electron chi connectivity index (χ4n) is 3.02. The van der Waals surface area contributed by atoms with Gasteiger partial charge in [0.1, 0.15) is 11.6 Å². The van der Waals surface area contributed by atoms with Gasteiger partial charge in [-0.15, -0.1) is 0 Å². The zero-order chi connectivity index (χ0) is 18.8. The van der Waals surface area contributed by atoms with Crippen LogP contribution in [-0.4, -0.2) is 22.2 Å². The van der Waals surface area contributed by atoms with Gasteiger partial charge in [-0.25, -0.2) is 4.98 Å². The number of nitrogens with zero attached hydrogens (tertiary/aromatic N) is 3. The Kier molecular flexibility index (Phi) is 4.46. The maximum Gasteiger partial charge on any atom is 0.223 e. The van der Waals surface area contributed by atoms with Gasteiger partial charge in [-0.1, -0.05) is 35.5 Å². The molecule has 27 heavy (non-hydrogen) atoms. The maximum atomic E-state index is 5.44. The summed E-state index contributed by atoms with van der Waals surface area (Å²) in [6.07, 6.45) is 0. The summed E-state index contributed by atoms with van der Waals surface area (Å²) in [5.41, 5.74) is 3.93. The van der Waals surface area contributed by atoms with E-state index in [4.69, 9.17) is 14.2 Å². The van der Waals surface area contributed by atoms with Gasteiger partial charge in [-0.3, -0.25) is 0 Å². The van der Waals surface area contributed by atoms with Gasteiger partial charge in [-0.2, -0.15) is 4.98 Å². The third-order valence-corrected chi connectivity index (χ3v) is 4.38. The highest BCUT2D eigenvalue weighted by Gasteiger charge is 2.15. The molecular formula is C21H20N4O2. The average molecular weight is 360 g/mol. The Labute approximate surface area is 157 Å².